The van der Waals surface area contributed by atoms with Crippen LogP contribution in [0.4, 0.5) is 0 Å². The van der Waals surface area contributed by atoms with E-state index in [1.807, 2.05) is 78.9 Å². The van der Waals surface area contributed by atoms with Crippen LogP contribution >= 0.6 is 12.6 Å². The Bertz CT molecular complexity index is 1130. The molecule has 0 radical (unpaired) electrons. The highest BCUT2D eigenvalue weighted by Gasteiger charge is 2.22. The summed E-state index contributed by atoms with van der Waals surface area (Å²) in [6, 6.07) is 26.1. The maximum Gasteiger partial charge on any atom is 0.256 e. The lowest BCUT2D eigenvalue weighted by atomic mass is 10.0. The fourth-order valence-corrected chi connectivity index (χ4v) is 3.43. The Balaban J connectivity index is 1.81. The van der Waals surface area contributed by atoms with Gasteiger partial charge in [-0.05, 0) is 11.6 Å². The molecule has 0 aliphatic rings. The topological polar surface area (TPSA) is 62.2 Å². The molecule has 1 heterocycles. The second kappa shape index (κ2) is 7.74. The first kappa shape index (κ1) is 18.1. The molecule has 4 rings (SSSR count). The van der Waals surface area contributed by atoms with Crippen LogP contribution in [0.2, 0.25) is 0 Å². The van der Waals surface area contributed by atoms with Crippen molar-refractivity contribution < 1.29 is 9.90 Å². The number of fused-ring (bicyclic) bond motifs is 1. The fourth-order valence-electron chi connectivity index (χ4n) is 3.14. The van der Waals surface area contributed by atoms with Crippen LogP contribution < -0.4 is 5.32 Å². The molecule has 0 aliphatic carbocycles. The van der Waals surface area contributed by atoms with Crippen molar-refractivity contribution in [3.63, 3.8) is 0 Å². The van der Waals surface area contributed by atoms with Crippen molar-refractivity contribution in [1.82, 2.24) is 10.3 Å². The van der Waals surface area contributed by atoms with Gasteiger partial charge in [0, 0.05) is 10.9 Å². The van der Waals surface area contributed by atoms with Gasteiger partial charge in [0.2, 0.25) is 0 Å². The van der Waals surface area contributed by atoms with Crippen molar-refractivity contribution in [2.24, 2.45) is 0 Å². The molecular weight excluding hydrogens is 368 g/mol. The number of aromatic nitrogens is 1. The standard InChI is InChI=1S/C23H18N2O2S/c26-21-19(22(27)25-23(28)16-11-5-2-6-12-16)17-13-7-8-14-18(17)24-20(21)15-9-3-1-4-10-15/h1-14,23,26,28H,(H,25,27)/t23-/m0/s1. The lowest BCUT2D eigenvalue weighted by Crippen LogP contribution is -2.26. The van der Waals surface area contributed by atoms with Crippen molar-refractivity contribution in [3.8, 4) is 17.0 Å². The summed E-state index contributed by atoms with van der Waals surface area (Å²) < 4.78 is 0. The van der Waals surface area contributed by atoms with Gasteiger partial charge in [0.1, 0.15) is 5.69 Å². The first-order valence-corrected chi connectivity index (χ1v) is 9.38. The number of thiol groups is 1. The van der Waals surface area contributed by atoms with Crippen molar-refractivity contribution in [3.05, 3.63) is 96.1 Å². The molecule has 138 valence electrons. The molecule has 0 bridgehead atoms. The molecule has 5 heteroatoms. The van der Waals surface area contributed by atoms with Gasteiger partial charge in [-0.3, -0.25) is 4.79 Å². The molecule has 28 heavy (non-hydrogen) atoms. The highest BCUT2D eigenvalue weighted by atomic mass is 32.1. The summed E-state index contributed by atoms with van der Waals surface area (Å²) in [5, 5.41) is 13.9. The lowest BCUT2D eigenvalue weighted by Gasteiger charge is -2.17. The van der Waals surface area contributed by atoms with E-state index >= 15 is 0 Å². The zero-order valence-electron chi connectivity index (χ0n) is 14.9. The molecule has 4 nitrogen and oxygen atoms in total. The van der Waals surface area contributed by atoms with Crippen molar-refractivity contribution >= 4 is 29.4 Å². The second-order valence-corrected chi connectivity index (χ2v) is 6.87. The summed E-state index contributed by atoms with van der Waals surface area (Å²) in [4.78, 5) is 17.7. The minimum absolute atomic E-state index is 0.143. The van der Waals surface area contributed by atoms with E-state index < -0.39 is 11.3 Å². The Morgan fingerprint density at radius 3 is 2.21 bits per heavy atom. The van der Waals surface area contributed by atoms with E-state index in [1.165, 1.54) is 0 Å². The number of para-hydroxylation sites is 1. The van der Waals surface area contributed by atoms with Crippen LogP contribution in [0.1, 0.15) is 21.3 Å². The highest BCUT2D eigenvalue weighted by Crippen LogP contribution is 2.35. The van der Waals surface area contributed by atoms with E-state index in [0.717, 1.165) is 11.1 Å². The molecular formula is C23H18N2O2S. The zero-order valence-corrected chi connectivity index (χ0v) is 15.8. The molecule has 0 saturated carbocycles. The number of pyridine rings is 1. The van der Waals surface area contributed by atoms with Gasteiger partial charge in [0.05, 0.1) is 16.5 Å². The molecule has 1 amide bonds. The first-order valence-electron chi connectivity index (χ1n) is 8.86. The normalized spacial score (nSPS) is 11.9. The maximum atomic E-state index is 13.1. The summed E-state index contributed by atoms with van der Waals surface area (Å²) in [5.41, 5.74) is 2.81. The SMILES string of the molecule is O=C(N[C@@H](S)c1ccccc1)c1c(O)c(-c2ccccc2)nc2ccccc12. The van der Waals surface area contributed by atoms with Crippen LogP contribution in [-0.4, -0.2) is 16.0 Å². The number of hydrogen-bond acceptors (Lipinski definition) is 4. The minimum Gasteiger partial charge on any atom is -0.505 e. The molecule has 1 aromatic heterocycles. The molecule has 0 unspecified atom stereocenters. The largest absolute Gasteiger partial charge is 0.505 e. The monoisotopic (exact) mass is 386 g/mol. The third-order valence-electron chi connectivity index (χ3n) is 4.52. The third kappa shape index (κ3) is 3.44. The Morgan fingerprint density at radius 2 is 1.50 bits per heavy atom. The van der Waals surface area contributed by atoms with Gasteiger partial charge in [0.25, 0.3) is 5.91 Å². The molecule has 0 spiro atoms. The molecule has 2 N–H and O–H groups in total. The molecule has 1 atom stereocenters. The van der Waals surface area contributed by atoms with Crippen molar-refractivity contribution in [2.75, 3.05) is 0 Å². The number of aromatic hydroxyl groups is 1. The Morgan fingerprint density at radius 1 is 0.893 bits per heavy atom. The van der Waals surface area contributed by atoms with E-state index in [4.69, 9.17) is 0 Å². The number of amides is 1. The van der Waals surface area contributed by atoms with Gasteiger partial charge >= 0.3 is 0 Å². The van der Waals surface area contributed by atoms with Crippen LogP contribution in [0.15, 0.2) is 84.9 Å². The third-order valence-corrected chi connectivity index (χ3v) is 4.95. The average molecular weight is 386 g/mol. The summed E-state index contributed by atoms with van der Waals surface area (Å²) in [7, 11) is 0. The number of nitrogens with one attached hydrogen (secondary N) is 1. The number of nitrogens with zero attached hydrogens (tertiary/aromatic N) is 1. The number of rotatable bonds is 4. The fraction of sp³-hybridized carbons (Fsp3) is 0.0435. The molecule has 0 aliphatic heterocycles. The minimum atomic E-state index is -0.500. The first-order chi connectivity index (χ1) is 13.6. The van der Waals surface area contributed by atoms with Crippen LogP contribution in [-0.2, 0) is 0 Å². The van der Waals surface area contributed by atoms with Crippen LogP contribution in [0.25, 0.3) is 22.2 Å². The van der Waals surface area contributed by atoms with Gasteiger partial charge < -0.3 is 10.4 Å². The number of carbonyl (C=O) groups excluding carboxylic acids is 1. The van der Waals surface area contributed by atoms with Crippen molar-refractivity contribution in [2.45, 2.75) is 5.37 Å². The van der Waals surface area contributed by atoms with Gasteiger partial charge in [-0.2, -0.15) is 0 Å². The van der Waals surface area contributed by atoms with E-state index in [1.54, 1.807) is 6.07 Å². The Labute approximate surface area is 168 Å². The van der Waals surface area contributed by atoms with Crippen LogP contribution in [0.3, 0.4) is 0 Å². The molecule has 0 saturated heterocycles. The zero-order chi connectivity index (χ0) is 19.5. The smallest absolute Gasteiger partial charge is 0.256 e. The molecule has 3 aromatic carbocycles. The van der Waals surface area contributed by atoms with Crippen LogP contribution in [0.5, 0.6) is 5.75 Å². The highest BCUT2D eigenvalue weighted by molar-refractivity contribution is 7.80. The second-order valence-electron chi connectivity index (χ2n) is 6.35. The van der Waals surface area contributed by atoms with Crippen LogP contribution in [0, 0.1) is 0 Å². The number of hydrogen-bond donors (Lipinski definition) is 3. The summed E-state index contributed by atoms with van der Waals surface area (Å²) in [6.45, 7) is 0. The predicted molar refractivity (Wildman–Crippen MR) is 114 cm³/mol. The average Bonchev–Trinajstić information content (AvgIpc) is 2.74. The Hall–Kier alpha value is -3.31. The molecule has 0 fully saturated rings. The summed E-state index contributed by atoms with van der Waals surface area (Å²) in [6.07, 6.45) is 0. The maximum absolute atomic E-state index is 13.1. The summed E-state index contributed by atoms with van der Waals surface area (Å²) in [5.74, 6) is -0.548. The van der Waals surface area contributed by atoms with Gasteiger partial charge in [-0.15, -0.1) is 12.6 Å². The number of carbonyl (C=O) groups is 1. The van der Waals surface area contributed by atoms with E-state index in [-0.39, 0.29) is 11.3 Å². The van der Waals surface area contributed by atoms with E-state index in [2.05, 4.69) is 22.9 Å². The van der Waals surface area contributed by atoms with Crippen molar-refractivity contribution in [1.29, 1.82) is 0 Å². The number of benzene rings is 3. The van der Waals surface area contributed by atoms with Gasteiger partial charge in [0.15, 0.2) is 5.75 Å². The molecule has 4 aromatic rings. The van der Waals surface area contributed by atoms with Gasteiger partial charge in [-0.25, -0.2) is 4.98 Å². The van der Waals surface area contributed by atoms with E-state index in [0.29, 0.717) is 16.6 Å². The quantitative estimate of drug-likeness (QED) is 0.343. The van der Waals surface area contributed by atoms with E-state index in [9.17, 15) is 9.90 Å². The lowest BCUT2D eigenvalue weighted by molar-refractivity contribution is 0.0949. The predicted octanol–water partition coefficient (Wildman–Crippen LogP) is 4.97. The summed E-state index contributed by atoms with van der Waals surface area (Å²) >= 11 is 4.50. The Kier molecular flexibility index (Phi) is 5.00. The van der Waals surface area contributed by atoms with Gasteiger partial charge in [-0.1, -0.05) is 78.9 Å².